The summed E-state index contributed by atoms with van der Waals surface area (Å²) in [6, 6.07) is 15.4. The molecule has 44 heavy (non-hydrogen) atoms. The van der Waals surface area contributed by atoms with E-state index in [1.807, 2.05) is 81.5 Å². The van der Waals surface area contributed by atoms with Gasteiger partial charge >= 0.3 is 0 Å². The third-order valence-corrected chi connectivity index (χ3v) is 10.2. The Morgan fingerprint density at radius 2 is 1.00 bits per heavy atom. The molecule has 2 aliphatic heterocycles. The number of nitrogens with zero attached hydrogens (tertiary/aromatic N) is 6. The van der Waals surface area contributed by atoms with Gasteiger partial charge in [0.2, 0.25) is 11.8 Å². The van der Waals surface area contributed by atoms with Crippen LogP contribution in [0.4, 0.5) is 10.3 Å². The molecule has 4 heterocycles. The van der Waals surface area contributed by atoms with Crippen LogP contribution in [0.5, 0.6) is 0 Å². The van der Waals surface area contributed by atoms with Crippen molar-refractivity contribution < 1.29 is 9.59 Å². The summed E-state index contributed by atoms with van der Waals surface area (Å²) in [5, 5.41) is 7.53. The van der Waals surface area contributed by atoms with Crippen LogP contribution in [0.1, 0.15) is 24.0 Å². The summed E-state index contributed by atoms with van der Waals surface area (Å²) in [4.78, 5) is 41.7. The molecule has 2 aromatic carbocycles. The zero-order valence-electron chi connectivity index (χ0n) is 24.5. The minimum atomic E-state index is 0.207. The monoisotopic (exact) mass is 670 g/mol. The van der Waals surface area contributed by atoms with Crippen molar-refractivity contribution in [3.8, 4) is 0 Å². The molecule has 2 aliphatic rings. The fraction of sp³-hybridized carbons (Fsp3) is 0.375. The van der Waals surface area contributed by atoms with Crippen molar-refractivity contribution in [3.05, 3.63) is 92.9 Å². The van der Waals surface area contributed by atoms with E-state index in [4.69, 9.17) is 23.2 Å². The number of carbonyl (C=O) groups excluding carboxylic acids is 2. The lowest BCUT2D eigenvalue weighted by Gasteiger charge is -2.34. The van der Waals surface area contributed by atoms with Crippen molar-refractivity contribution in [1.82, 2.24) is 19.8 Å². The van der Waals surface area contributed by atoms with Crippen LogP contribution < -0.4 is 9.80 Å². The van der Waals surface area contributed by atoms with E-state index in [1.165, 1.54) is 0 Å². The molecule has 232 valence electrons. The van der Waals surface area contributed by atoms with Gasteiger partial charge in [0.05, 0.1) is 0 Å². The molecule has 0 aliphatic carbocycles. The van der Waals surface area contributed by atoms with Crippen LogP contribution in [0.2, 0.25) is 10.0 Å². The van der Waals surface area contributed by atoms with Crippen molar-refractivity contribution in [2.24, 2.45) is 0 Å². The van der Waals surface area contributed by atoms with Crippen LogP contribution in [-0.2, 0) is 22.4 Å². The van der Waals surface area contributed by atoms with Crippen LogP contribution in [0.25, 0.3) is 0 Å². The number of hydrogen-bond acceptors (Lipinski definition) is 8. The molecule has 12 heteroatoms. The van der Waals surface area contributed by atoms with Crippen molar-refractivity contribution in [1.29, 1.82) is 0 Å². The number of aromatic nitrogens is 2. The number of anilines is 2. The summed E-state index contributed by atoms with van der Waals surface area (Å²) in [5.74, 6) is 0.414. The fourth-order valence-corrected chi connectivity index (χ4v) is 7.09. The summed E-state index contributed by atoms with van der Waals surface area (Å²) in [6.07, 6.45) is 6.07. The van der Waals surface area contributed by atoms with Gasteiger partial charge in [0, 0.05) is 98.4 Å². The number of thiazole rings is 2. The standard InChI is InChI=1S/2C16H18ClN3OS/c2*17-14-4-2-1-3-13(14)5-6-15(21)19-8-10-20(11-9-19)16-18-7-12-22-16/h2*1-4,7,12H,5-6,8-11H2. The van der Waals surface area contributed by atoms with Gasteiger partial charge in [-0.2, -0.15) is 0 Å². The summed E-state index contributed by atoms with van der Waals surface area (Å²) >= 11 is 15.6. The van der Waals surface area contributed by atoms with Crippen LogP contribution in [0.15, 0.2) is 71.7 Å². The summed E-state index contributed by atoms with van der Waals surface area (Å²) in [7, 11) is 0. The Morgan fingerprint density at radius 3 is 1.34 bits per heavy atom. The van der Waals surface area contributed by atoms with Crippen LogP contribution in [0, 0.1) is 0 Å². The lowest BCUT2D eigenvalue weighted by atomic mass is 10.1. The highest BCUT2D eigenvalue weighted by Crippen LogP contribution is 2.22. The second-order valence-corrected chi connectivity index (χ2v) is 13.1. The van der Waals surface area contributed by atoms with E-state index >= 15 is 0 Å². The molecule has 0 saturated carbocycles. The lowest BCUT2D eigenvalue weighted by molar-refractivity contribution is -0.132. The van der Waals surface area contributed by atoms with Gasteiger partial charge in [-0.05, 0) is 36.1 Å². The third kappa shape index (κ3) is 8.94. The van der Waals surface area contributed by atoms with Gasteiger partial charge in [0.15, 0.2) is 10.3 Å². The van der Waals surface area contributed by atoms with Crippen LogP contribution in [0.3, 0.4) is 0 Å². The number of aryl methyl sites for hydroxylation is 2. The number of piperazine rings is 2. The topological polar surface area (TPSA) is 72.9 Å². The quantitative estimate of drug-likeness (QED) is 0.224. The molecule has 2 amide bonds. The zero-order chi connectivity index (χ0) is 30.7. The molecule has 2 fully saturated rings. The number of rotatable bonds is 8. The summed E-state index contributed by atoms with van der Waals surface area (Å²) < 4.78 is 0. The highest BCUT2D eigenvalue weighted by Gasteiger charge is 2.23. The minimum absolute atomic E-state index is 0.207. The maximum absolute atomic E-state index is 12.3. The molecule has 0 radical (unpaired) electrons. The molecule has 0 spiro atoms. The zero-order valence-corrected chi connectivity index (χ0v) is 27.6. The molecule has 6 rings (SSSR count). The van der Waals surface area contributed by atoms with Crippen LogP contribution >= 0.6 is 45.9 Å². The van der Waals surface area contributed by atoms with Crippen molar-refractivity contribution in [3.63, 3.8) is 0 Å². The molecule has 8 nitrogen and oxygen atoms in total. The van der Waals surface area contributed by atoms with E-state index in [-0.39, 0.29) is 11.8 Å². The smallest absolute Gasteiger partial charge is 0.223 e. The van der Waals surface area contributed by atoms with Gasteiger partial charge in [0.25, 0.3) is 0 Å². The van der Waals surface area contributed by atoms with Gasteiger partial charge in [-0.15, -0.1) is 22.7 Å². The first-order valence-electron chi connectivity index (χ1n) is 14.8. The van der Waals surface area contributed by atoms with E-state index in [2.05, 4.69) is 19.8 Å². The largest absolute Gasteiger partial charge is 0.345 e. The number of benzene rings is 2. The number of amides is 2. The molecule has 0 unspecified atom stereocenters. The predicted octanol–water partition coefficient (Wildman–Crippen LogP) is 6.16. The van der Waals surface area contributed by atoms with E-state index in [0.717, 1.165) is 83.8 Å². The third-order valence-electron chi connectivity index (χ3n) is 7.78. The van der Waals surface area contributed by atoms with E-state index < -0.39 is 0 Å². The highest BCUT2D eigenvalue weighted by atomic mass is 35.5. The van der Waals surface area contributed by atoms with Gasteiger partial charge in [-0.3, -0.25) is 9.59 Å². The Morgan fingerprint density at radius 1 is 0.614 bits per heavy atom. The maximum Gasteiger partial charge on any atom is 0.223 e. The van der Waals surface area contributed by atoms with Gasteiger partial charge in [0.1, 0.15) is 0 Å². The Labute approximate surface area is 276 Å². The minimum Gasteiger partial charge on any atom is -0.345 e. The number of halogens is 2. The van der Waals surface area contributed by atoms with E-state index in [9.17, 15) is 9.59 Å². The second kappa shape index (κ2) is 16.2. The second-order valence-electron chi connectivity index (χ2n) is 10.5. The Bertz CT molecular complexity index is 1360. The summed E-state index contributed by atoms with van der Waals surface area (Å²) in [6.45, 7) is 6.47. The normalized spacial score (nSPS) is 15.1. The molecular formula is C32H36Cl2N6O2S2. The average Bonchev–Trinajstić information content (AvgIpc) is 3.80. The van der Waals surface area contributed by atoms with Crippen molar-refractivity contribution in [2.75, 3.05) is 62.2 Å². The predicted molar refractivity (Wildman–Crippen MR) is 181 cm³/mol. The Hall–Kier alpha value is -3.18. The molecule has 4 aromatic rings. The van der Waals surface area contributed by atoms with Gasteiger partial charge in [-0.25, -0.2) is 9.97 Å². The van der Waals surface area contributed by atoms with E-state index in [1.54, 1.807) is 22.7 Å². The van der Waals surface area contributed by atoms with E-state index in [0.29, 0.717) is 25.7 Å². The maximum atomic E-state index is 12.3. The molecular weight excluding hydrogens is 635 g/mol. The lowest BCUT2D eigenvalue weighted by Crippen LogP contribution is -2.48. The Balaban J connectivity index is 0.000000175. The molecule has 0 N–H and O–H groups in total. The van der Waals surface area contributed by atoms with Gasteiger partial charge in [-0.1, -0.05) is 59.6 Å². The molecule has 0 bridgehead atoms. The van der Waals surface area contributed by atoms with Gasteiger partial charge < -0.3 is 19.6 Å². The number of hydrogen-bond donors (Lipinski definition) is 0. The first-order valence-corrected chi connectivity index (χ1v) is 17.3. The molecule has 2 aromatic heterocycles. The SMILES string of the molecule is O=C(CCc1ccccc1Cl)N1CCN(c2nccs2)CC1.O=C(CCc1ccccc1Cl)N1CCN(c2nccs2)CC1. The number of carbonyl (C=O) groups is 2. The summed E-state index contributed by atoms with van der Waals surface area (Å²) in [5.41, 5.74) is 2.08. The average molecular weight is 672 g/mol. The van der Waals surface area contributed by atoms with Crippen LogP contribution in [-0.4, -0.2) is 83.9 Å². The Kier molecular flexibility index (Phi) is 11.9. The molecule has 2 saturated heterocycles. The molecule has 0 atom stereocenters. The van der Waals surface area contributed by atoms with Crippen molar-refractivity contribution >= 4 is 68.0 Å². The fourth-order valence-electron chi connectivity index (χ4n) is 5.24. The first-order chi connectivity index (χ1) is 21.5. The van der Waals surface area contributed by atoms with Crippen molar-refractivity contribution in [2.45, 2.75) is 25.7 Å². The highest BCUT2D eigenvalue weighted by molar-refractivity contribution is 7.13. The first kappa shape index (κ1) is 32.2.